The quantitative estimate of drug-likeness (QED) is 0.474. The molecular formula is C4H6NO2. The van der Waals surface area contributed by atoms with E-state index >= 15 is 0 Å². The van der Waals surface area contributed by atoms with E-state index in [4.69, 9.17) is 0 Å². The molecule has 39 valence electrons. The van der Waals surface area contributed by atoms with E-state index in [0.717, 1.165) is 6.04 Å². The Morgan fingerprint density at radius 1 is 1.86 bits per heavy atom. The van der Waals surface area contributed by atoms with Gasteiger partial charge in [0, 0.05) is 0 Å². The zero-order valence-corrected chi connectivity index (χ0v) is 4.02. The second kappa shape index (κ2) is 1.40. The van der Waals surface area contributed by atoms with Gasteiger partial charge in [0.1, 0.15) is 12.6 Å². The van der Waals surface area contributed by atoms with Crippen LogP contribution < -0.4 is 5.32 Å². The van der Waals surface area contributed by atoms with Crippen molar-refractivity contribution in [1.29, 1.82) is 0 Å². The maximum atomic E-state index is 10.1. The normalized spacial score (nSPS) is 21.6. The molecule has 1 rings (SSSR count). The minimum atomic E-state index is -0.336. The minimum Gasteiger partial charge on any atom is -0.447 e. The monoisotopic (exact) mass is 100 g/mol. The molecule has 0 aromatic carbocycles. The van der Waals surface area contributed by atoms with Gasteiger partial charge >= 0.3 is 6.09 Å². The standard InChI is InChI=1S/C4H6NO2/c1-3-2-7-4(6)5-3/h2H2,1H3,(H,5,6). The zero-order valence-electron chi connectivity index (χ0n) is 4.02. The van der Waals surface area contributed by atoms with Gasteiger partial charge < -0.3 is 10.1 Å². The van der Waals surface area contributed by atoms with E-state index in [9.17, 15) is 4.79 Å². The fourth-order valence-electron chi connectivity index (χ4n) is 0.420. The lowest BCUT2D eigenvalue weighted by molar-refractivity contribution is 0.178. The summed E-state index contributed by atoms with van der Waals surface area (Å²) in [6.07, 6.45) is -0.336. The first-order valence-corrected chi connectivity index (χ1v) is 2.05. The molecule has 3 heteroatoms. The molecule has 3 nitrogen and oxygen atoms in total. The fourth-order valence-corrected chi connectivity index (χ4v) is 0.420. The molecule has 0 aliphatic carbocycles. The van der Waals surface area contributed by atoms with Gasteiger partial charge in [-0.3, -0.25) is 0 Å². The Hall–Kier alpha value is -0.730. The molecule has 0 saturated carbocycles. The van der Waals surface area contributed by atoms with Crippen molar-refractivity contribution in [2.75, 3.05) is 6.61 Å². The highest BCUT2D eigenvalue weighted by molar-refractivity contribution is 5.71. The van der Waals surface area contributed by atoms with Crippen molar-refractivity contribution < 1.29 is 9.53 Å². The summed E-state index contributed by atoms with van der Waals surface area (Å²) < 4.78 is 4.48. The third-order valence-corrected chi connectivity index (χ3v) is 0.735. The van der Waals surface area contributed by atoms with Crippen LogP contribution in [0.1, 0.15) is 6.92 Å². The number of hydrogen-bond donors (Lipinski definition) is 1. The average Bonchev–Trinajstić information content (AvgIpc) is 1.87. The largest absolute Gasteiger partial charge is 0.447 e. The SMILES string of the molecule is C[C]1COC(=O)N1. The number of amides is 1. The van der Waals surface area contributed by atoms with Gasteiger partial charge in [0.2, 0.25) is 0 Å². The summed E-state index contributed by atoms with van der Waals surface area (Å²) in [4.78, 5) is 10.1. The van der Waals surface area contributed by atoms with Crippen molar-refractivity contribution in [2.24, 2.45) is 0 Å². The van der Waals surface area contributed by atoms with E-state index in [2.05, 4.69) is 10.1 Å². The van der Waals surface area contributed by atoms with Crippen molar-refractivity contribution in [3.63, 3.8) is 0 Å². The molecule has 1 aliphatic rings. The minimum absolute atomic E-state index is 0.336. The van der Waals surface area contributed by atoms with Crippen LogP contribution in [0.25, 0.3) is 0 Å². The molecule has 0 atom stereocenters. The third kappa shape index (κ3) is 0.824. The molecule has 0 aromatic heterocycles. The Labute approximate surface area is 41.7 Å². The van der Waals surface area contributed by atoms with Gasteiger partial charge in [-0.05, 0) is 6.92 Å². The van der Waals surface area contributed by atoms with Crippen molar-refractivity contribution in [3.8, 4) is 0 Å². The van der Waals surface area contributed by atoms with Crippen LogP contribution in [0.3, 0.4) is 0 Å². The summed E-state index contributed by atoms with van der Waals surface area (Å²) in [6, 6.07) is 0.880. The van der Waals surface area contributed by atoms with Crippen LogP contribution in [0.4, 0.5) is 4.79 Å². The van der Waals surface area contributed by atoms with Crippen LogP contribution in [0, 0.1) is 6.04 Å². The number of hydrogen-bond acceptors (Lipinski definition) is 2. The van der Waals surface area contributed by atoms with Gasteiger partial charge in [-0.2, -0.15) is 0 Å². The van der Waals surface area contributed by atoms with Crippen molar-refractivity contribution >= 4 is 6.09 Å². The summed E-state index contributed by atoms with van der Waals surface area (Å²) in [5.41, 5.74) is 0. The Kier molecular flexibility index (Phi) is 0.889. The highest BCUT2D eigenvalue weighted by Crippen LogP contribution is 2.01. The molecule has 1 N–H and O–H groups in total. The highest BCUT2D eigenvalue weighted by Gasteiger charge is 2.17. The average molecular weight is 100 g/mol. The summed E-state index contributed by atoms with van der Waals surface area (Å²) in [7, 11) is 0. The lowest BCUT2D eigenvalue weighted by Gasteiger charge is -1.88. The van der Waals surface area contributed by atoms with Crippen molar-refractivity contribution in [3.05, 3.63) is 6.04 Å². The van der Waals surface area contributed by atoms with Crippen LogP contribution in [-0.2, 0) is 4.74 Å². The number of carbonyl (C=O) groups is 1. The number of ether oxygens (including phenoxy) is 1. The van der Waals surface area contributed by atoms with Gasteiger partial charge in [-0.15, -0.1) is 0 Å². The van der Waals surface area contributed by atoms with Crippen LogP contribution in [0.15, 0.2) is 0 Å². The predicted octanol–water partition coefficient (Wildman–Crippen LogP) is 0.278. The molecule has 7 heavy (non-hydrogen) atoms. The first-order valence-electron chi connectivity index (χ1n) is 2.05. The van der Waals surface area contributed by atoms with Crippen LogP contribution in [0.2, 0.25) is 0 Å². The van der Waals surface area contributed by atoms with E-state index in [1.165, 1.54) is 0 Å². The summed E-state index contributed by atoms with van der Waals surface area (Å²) in [5, 5.41) is 2.47. The first-order chi connectivity index (χ1) is 3.29. The Morgan fingerprint density at radius 3 is 2.71 bits per heavy atom. The molecule has 0 unspecified atom stereocenters. The lowest BCUT2D eigenvalue weighted by Crippen LogP contribution is -2.14. The molecule has 1 radical (unpaired) electrons. The van der Waals surface area contributed by atoms with Gasteiger partial charge in [-0.25, -0.2) is 4.79 Å². The summed E-state index contributed by atoms with van der Waals surface area (Å²) in [5.74, 6) is 0. The fraction of sp³-hybridized carbons (Fsp3) is 0.500. The van der Waals surface area contributed by atoms with E-state index < -0.39 is 0 Å². The lowest BCUT2D eigenvalue weighted by atomic mass is 10.4. The van der Waals surface area contributed by atoms with Crippen molar-refractivity contribution in [1.82, 2.24) is 5.32 Å². The number of rotatable bonds is 0. The molecule has 1 heterocycles. The Morgan fingerprint density at radius 2 is 2.57 bits per heavy atom. The Bertz CT molecular complexity index is 91.7. The van der Waals surface area contributed by atoms with E-state index in [1.54, 1.807) is 0 Å². The molecule has 0 aromatic rings. The summed E-state index contributed by atoms with van der Waals surface area (Å²) in [6.45, 7) is 2.24. The zero-order chi connectivity index (χ0) is 5.28. The summed E-state index contributed by atoms with van der Waals surface area (Å²) >= 11 is 0. The molecule has 1 aliphatic heterocycles. The maximum Gasteiger partial charge on any atom is 0.407 e. The third-order valence-electron chi connectivity index (χ3n) is 0.735. The molecule has 0 spiro atoms. The van der Waals surface area contributed by atoms with Crippen LogP contribution in [0.5, 0.6) is 0 Å². The molecule has 1 fully saturated rings. The van der Waals surface area contributed by atoms with Gasteiger partial charge in [0.05, 0.1) is 0 Å². The second-order valence-electron chi connectivity index (χ2n) is 1.48. The molecule has 0 bridgehead atoms. The topological polar surface area (TPSA) is 38.3 Å². The molecule has 1 amide bonds. The van der Waals surface area contributed by atoms with Crippen LogP contribution >= 0.6 is 0 Å². The highest BCUT2D eigenvalue weighted by atomic mass is 16.6. The van der Waals surface area contributed by atoms with Crippen LogP contribution in [-0.4, -0.2) is 12.7 Å². The van der Waals surface area contributed by atoms with E-state index in [1.807, 2.05) is 6.92 Å². The number of nitrogens with one attached hydrogen (secondary N) is 1. The Balaban J connectivity index is 2.40. The predicted molar refractivity (Wildman–Crippen MR) is 23.4 cm³/mol. The van der Waals surface area contributed by atoms with E-state index in [0.29, 0.717) is 6.61 Å². The maximum absolute atomic E-state index is 10.1. The number of carbonyl (C=O) groups excluding carboxylic acids is 1. The van der Waals surface area contributed by atoms with Gasteiger partial charge in [0.15, 0.2) is 0 Å². The molecular weight excluding hydrogens is 94.0 g/mol. The number of cyclic esters (lactones) is 1. The van der Waals surface area contributed by atoms with Gasteiger partial charge in [-0.1, -0.05) is 0 Å². The second-order valence-corrected chi connectivity index (χ2v) is 1.48. The molecule has 1 saturated heterocycles. The van der Waals surface area contributed by atoms with Gasteiger partial charge in [0.25, 0.3) is 0 Å². The first kappa shape index (κ1) is 4.43. The van der Waals surface area contributed by atoms with E-state index in [-0.39, 0.29) is 6.09 Å². The van der Waals surface area contributed by atoms with Crippen molar-refractivity contribution in [2.45, 2.75) is 6.92 Å². The smallest absolute Gasteiger partial charge is 0.407 e. The number of alkyl carbamates (subject to hydrolysis) is 1.